The van der Waals surface area contributed by atoms with E-state index in [9.17, 15) is 0 Å². The van der Waals surface area contributed by atoms with Crippen molar-refractivity contribution in [3.8, 4) is 0 Å². The fourth-order valence-corrected chi connectivity index (χ4v) is 3.45. The molecule has 0 aromatic rings. The molecule has 0 saturated heterocycles. The summed E-state index contributed by atoms with van der Waals surface area (Å²) in [5.74, 6) is 0. The van der Waals surface area contributed by atoms with Gasteiger partial charge in [-0.1, -0.05) is 0 Å². The lowest BCUT2D eigenvalue weighted by Gasteiger charge is -2.28. The summed E-state index contributed by atoms with van der Waals surface area (Å²) < 4.78 is 23.1. The summed E-state index contributed by atoms with van der Waals surface area (Å²) in [6, 6.07) is 0. The van der Waals surface area contributed by atoms with Crippen LogP contribution in [0.1, 0.15) is 25.7 Å². The second-order valence-corrected chi connectivity index (χ2v) is 6.62. The van der Waals surface area contributed by atoms with Crippen LogP contribution < -0.4 is 22.9 Å². The minimum absolute atomic E-state index is 0.441. The molecule has 0 spiro atoms. The molecule has 0 radical (unpaired) electrons. The maximum absolute atomic E-state index is 5.78. The molecule has 0 aromatic carbocycles. The predicted molar refractivity (Wildman–Crippen MR) is 84.2 cm³/mol. The molecule has 0 bridgehead atoms. The van der Waals surface area contributed by atoms with Gasteiger partial charge in [-0.2, -0.15) is 0 Å². The first-order chi connectivity index (χ1) is 10.2. The number of rotatable bonds is 16. The molecule has 0 aromatic heterocycles. The molecular weight excluding hydrogens is 292 g/mol. The Morgan fingerprint density at radius 1 is 0.476 bits per heavy atom. The van der Waals surface area contributed by atoms with Crippen LogP contribution >= 0.6 is 0 Å². The highest BCUT2D eigenvalue weighted by Crippen LogP contribution is 2.14. The minimum Gasteiger partial charge on any atom is -0.351 e. The molecule has 0 fully saturated rings. The Bertz CT molecular complexity index is 182. The minimum atomic E-state index is -3.17. The van der Waals surface area contributed by atoms with Crippen molar-refractivity contribution in [1.82, 2.24) is 0 Å². The van der Waals surface area contributed by atoms with E-state index in [1.54, 1.807) is 0 Å². The van der Waals surface area contributed by atoms with E-state index in [-0.39, 0.29) is 0 Å². The van der Waals surface area contributed by atoms with E-state index in [0.29, 0.717) is 52.6 Å². The summed E-state index contributed by atoms with van der Waals surface area (Å²) in [6.45, 7) is 3.93. The Labute approximate surface area is 128 Å². The van der Waals surface area contributed by atoms with Crippen molar-refractivity contribution in [3.05, 3.63) is 0 Å². The van der Waals surface area contributed by atoms with Crippen LogP contribution in [0.15, 0.2) is 0 Å². The molecule has 8 N–H and O–H groups in total. The van der Waals surface area contributed by atoms with Gasteiger partial charge >= 0.3 is 9.05 Å². The number of hydrogen-bond acceptors (Lipinski definition) is 8. The zero-order valence-corrected chi connectivity index (χ0v) is 13.9. The lowest BCUT2D eigenvalue weighted by atomic mass is 10.5. The zero-order valence-electron chi connectivity index (χ0n) is 12.9. The van der Waals surface area contributed by atoms with Gasteiger partial charge in [-0.3, -0.25) is 0 Å². The first kappa shape index (κ1) is 20.9. The van der Waals surface area contributed by atoms with Crippen molar-refractivity contribution in [1.29, 1.82) is 0 Å². The average molecular weight is 324 g/mol. The van der Waals surface area contributed by atoms with Gasteiger partial charge in [0.15, 0.2) is 0 Å². The molecule has 0 atom stereocenters. The number of nitrogens with two attached hydrogens (primary N) is 4. The van der Waals surface area contributed by atoms with E-state index in [4.69, 9.17) is 40.6 Å². The summed E-state index contributed by atoms with van der Waals surface area (Å²) >= 11 is 0. The molecule has 9 heteroatoms. The third-order valence-electron chi connectivity index (χ3n) is 2.51. The van der Waals surface area contributed by atoms with E-state index in [0.717, 1.165) is 25.7 Å². The summed E-state index contributed by atoms with van der Waals surface area (Å²) in [5.41, 5.74) is 21.9. The van der Waals surface area contributed by atoms with Crippen LogP contribution in [0, 0.1) is 0 Å². The smallest absolute Gasteiger partial charge is 0.351 e. The molecule has 0 rings (SSSR count). The topological polar surface area (TPSA) is 141 Å². The van der Waals surface area contributed by atoms with Gasteiger partial charge in [0.25, 0.3) is 0 Å². The van der Waals surface area contributed by atoms with Crippen molar-refractivity contribution in [3.63, 3.8) is 0 Å². The lowest BCUT2D eigenvalue weighted by molar-refractivity contribution is -0.0355. The highest BCUT2D eigenvalue weighted by atomic mass is 28.4. The Kier molecular flexibility index (Phi) is 14.7. The Hall–Kier alpha value is -0.103. The summed E-state index contributed by atoms with van der Waals surface area (Å²) in [6.07, 6.45) is 2.87. The fraction of sp³-hybridized carbons (Fsp3) is 1.00. The molecule has 21 heavy (non-hydrogen) atoms. The molecule has 0 aliphatic rings. The van der Waals surface area contributed by atoms with Crippen molar-refractivity contribution < 1.29 is 17.7 Å². The normalized spacial score (nSPS) is 12.0. The van der Waals surface area contributed by atoms with Crippen molar-refractivity contribution in [2.45, 2.75) is 25.7 Å². The van der Waals surface area contributed by atoms with Crippen LogP contribution in [-0.4, -0.2) is 61.7 Å². The summed E-state index contributed by atoms with van der Waals surface area (Å²) in [5, 5.41) is 0. The second kappa shape index (κ2) is 14.8. The molecular formula is C12H32N4O4Si. The first-order valence-electron chi connectivity index (χ1n) is 7.60. The van der Waals surface area contributed by atoms with E-state index in [1.807, 2.05) is 0 Å². The van der Waals surface area contributed by atoms with Crippen LogP contribution in [0.3, 0.4) is 0 Å². The largest absolute Gasteiger partial charge is 0.679 e. The highest BCUT2D eigenvalue weighted by molar-refractivity contribution is 6.53. The van der Waals surface area contributed by atoms with Crippen molar-refractivity contribution in [2.75, 3.05) is 52.6 Å². The quantitative estimate of drug-likeness (QED) is 0.207. The van der Waals surface area contributed by atoms with E-state index < -0.39 is 9.05 Å². The maximum Gasteiger partial charge on any atom is 0.679 e. The molecule has 0 heterocycles. The molecule has 128 valence electrons. The fourth-order valence-electron chi connectivity index (χ4n) is 1.37. The summed E-state index contributed by atoms with van der Waals surface area (Å²) in [7, 11) is -3.17. The van der Waals surface area contributed by atoms with Crippen molar-refractivity contribution in [2.24, 2.45) is 22.9 Å². The second-order valence-electron chi connectivity index (χ2n) is 4.46. The predicted octanol–water partition coefficient (Wildman–Crippen LogP) is -1.12. The van der Waals surface area contributed by atoms with Crippen LogP contribution in [0.25, 0.3) is 0 Å². The van der Waals surface area contributed by atoms with E-state index >= 15 is 0 Å². The van der Waals surface area contributed by atoms with Gasteiger partial charge in [-0.15, -0.1) is 0 Å². The zero-order chi connectivity index (χ0) is 15.8. The van der Waals surface area contributed by atoms with Gasteiger partial charge in [-0.25, -0.2) is 0 Å². The lowest BCUT2D eigenvalue weighted by Crippen LogP contribution is -2.50. The SMILES string of the molecule is NCCCO[Si](OCCCN)(OCCCN)OCCCN. The molecule has 8 nitrogen and oxygen atoms in total. The van der Waals surface area contributed by atoms with E-state index in [2.05, 4.69) is 0 Å². The maximum atomic E-state index is 5.78. The van der Waals surface area contributed by atoms with E-state index in [1.165, 1.54) is 0 Å². The molecule has 0 aliphatic carbocycles. The standard InChI is InChI=1S/C12H32N4O4Si/c13-5-1-9-17-21(18-10-2-6-14,19-11-3-7-15)20-12-4-8-16/h1-16H2. The van der Waals surface area contributed by atoms with Crippen molar-refractivity contribution >= 4 is 9.05 Å². The monoisotopic (exact) mass is 324 g/mol. The Morgan fingerprint density at radius 3 is 0.905 bits per heavy atom. The molecule has 0 aliphatic heterocycles. The average Bonchev–Trinajstić information content (AvgIpc) is 2.48. The van der Waals surface area contributed by atoms with Gasteiger partial charge in [-0.05, 0) is 51.9 Å². The number of hydrogen-bond donors (Lipinski definition) is 4. The first-order valence-corrected chi connectivity index (χ1v) is 9.24. The van der Waals surface area contributed by atoms with Gasteiger partial charge in [0, 0.05) is 26.4 Å². The molecule has 0 saturated carbocycles. The van der Waals surface area contributed by atoms with Crippen LogP contribution in [0.2, 0.25) is 0 Å². The van der Waals surface area contributed by atoms with Crippen LogP contribution in [0.5, 0.6) is 0 Å². The highest BCUT2D eigenvalue weighted by Gasteiger charge is 2.45. The molecule has 0 amide bonds. The van der Waals surface area contributed by atoms with Crippen LogP contribution in [0.4, 0.5) is 0 Å². The molecule has 0 unspecified atom stereocenters. The van der Waals surface area contributed by atoms with Crippen LogP contribution in [-0.2, 0) is 17.7 Å². The van der Waals surface area contributed by atoms with Gasteiger partial charge < -0.3 is 40.6 Å². The van der Waals surface area contributed by atoms with Gasteiger partial charge in [0.1, 0.15) is 0 Å². The Balaban J connectivity index is 4.52. The third kappa shape index (κ3) is 11.2. The third-order valence-corrected chi connectivity index (χ3v) is 4.74. The van der Waals surface area contributed by atoms with Gasteiger partial charge in [0.2, 0.25) is 0 Å². The Morgan fingerprint density at radius 2 is 0.714 bits per heavy atom. The summed E-state index contributed by atoms with van der Waals surface area (Å²) in [4.78, 5) is 0. The van der Waals surface area contributed by atoms with Gasteiger partial charge in [0.05, 0.1) is 0 Å².